The highest BCUT2D eigenvalue weighted by atomic mass is 32.2. The molecule has 2 rings (SSSR count). The van der Waals surface area contributed by atoms with E-state index in [-0.39, 0.29) is 10.9 Å². The highest BCUT2D eigenvalue weighted by Gasteiger charge is 2.50. The quantitative estimate of drug-likeness (QED) is 0.790. The monoisotopic (exact) mass is 230 g/mol. The summed E-state index contributed by atoms with van der Waals surface area (Å²) in [6, 6.07) is 0. The van der Waals surface area contributed by atoms with Crippen LogP contribution < -0.4 is 0 Å². The fourth-order valence-electron chi connectivity index (χ4n) is 2.48. The van der Waals surface area contributed by atoms with Crippen LogP contribution in [-0.2, 0) is 9.53 Å². The molecule has 2 aliphatic rings. The van der Waals surface area contributed by atoms with Gasteiger partial charge in [-0.15, -0.1) is 0 Å². The van der Waals surface area contributed by atoms with E-state index < -0.39 is 11.6 Å². The smallest absolute Gasteiger partial charge is 0.335 e. The number of carboxylic acids is 1. The van der Waals surface area contributed by atoms with Gasteiger partial charge in [-0.2, -0.15) is 11.8 Å². The fourth-order valence-corrected chi connectivity index (χ4v) is 3.88. The average molecular weight is 230 g/mol. The van der Waals surface area contributed by atoms with E-state index in [1.807, 2.05) is 11.8 Å². The molecule has 2 heterocycles. The van der Waals surface area contributed by atoms with E-state index in [0.717, 1.165) is 12.8 Å². The zero-order valence-electron chi connectivity index (χ0n) is 9.28. The van der Waals surface area contributed by atoms with Gasteiger partial charge in [0.1, 0.15) is 0 Å². The number of ether oxygens (including phenoxy) is 1. The lowest BCUT2D eigenvalue weighted by Gasteiger charge is -2.31. The zero-order chi connectivity index (χ0) is 11.1. The molecule has 3 atom stereocenters. The van der Waals surface area contributed by atoms with Gasteiger partial charge in [0.25, 0.3) is 0 Å². The summed E-state index contributed by atoms with van der Waals surface area (Å²) in [6.45, 7) is 3.90. The maximum atomic E-state index is 11.1. The topological polar surface area (TPSA) is 46.5 Å². The van der Waals surface area contributed by atoms with Gasteiger partial charge < -0.3 is 9.84 Å². The normalized spacial score (nSPS) is 45.9. The van der Waals surface area contributed by atoms with Crippen LogP contribution in [0.3, 0.4) is 0 Å². The summed E-state index contributed by atoms with van der Waals surface area (Å²) in [5.41, 5.74) is -0.948. The van der Waals surface area contributed by atoms with Crippen molar-refractivity contribution in [3.05, 3.63) is 0 Å². The first-order chi connectivity index (χ1) is 6.96. The summed E-state index contributed by atoms with van der Waals surface area (Å²) in [5, 5.41) is 9.09. The minimum atomic E-state index is -0.948. The maximum Gasteiger partial charge on any atom is 0.335 e. The van der Waals surface area contributed by atoms with Crippen LogP contribution >= 0.6 is 11.8 Å². The number of hydrogen-bond acceptors (Lipinski definition) is 3. The van der Waals surface area contributed by atoms with Crippen LogP contribution in [0.1, 0.15) is 39.5 Å². The molecule has 2 aliphatic heterocycles. The van der Waals surface area contributed by atoms with Gasteiger partial charge in [0.05, 0.1) is 6.10 Å². The molecule has 0 aromatic rings. The molecule has 86 valence electrons. The van der Waals surface area contributed by atoms with Crippen molar-refractivity contribution in [1.29, 1.82) is 0 Å². The lowest BCUT2D eigenvalue weighted by molar-refractivity contribution is -0.162. The Morgan fingerprint density at radius 3 is 2.67 bits per heavy atom. The second-order valence-electron chi connectivity index (χ2n) is 4.95. The molecule has 0 amide bonds. The van der Waals surface area contributed by atoms with Crippen molar-refractivity contribution >= 4 is 17.7 Å². The third kappa shape index (κ3) is 1.89. The predicted molar refractivity (Wildman–Crippen MR) is 60.2 cm³/mol. The van der Waals surface area contributed by atoms with Crippen LogP contribution in [0.15, 0.2) is 0 Å². The van der Waals surface area contributed by atoms with Gasteiger partial charge in [0.15, 0.2) is 5.60 Å². The van der Waals surface area contributed by atoms with Crippen LogP contribution in [0.4, 0.5) is 0 Å². The Hall–Kier alpha value is -0.220. The lowest BCUT2D eigenvalue weighted by Crippen LogP contribution is -2.40. The minimum Gasteiger partial charge on any atom is -0.479 e. The van der Waals surface area contributed by atoms with E-state index in [1.54, 1.807) is 6.92 Å². The first kappa shape index (κ1) is 11.3. The van der Waals surface area contributed by atoms with E-state index in [4.69, 9.17) is 9.84 Å². The molecule has 2 saturated heterocycles. The van der Waals surface area contributed by atoms with Gasteiger partial charge in [-0.05, 0) is 45.3 Å². The van der Waals surface area contributed by atoms with Gasteiger partial charge in [0, 0.05) is 4.75 Å². The second-order valence-corrected chi connectivity index (χ2v) is 6.58. The Morgan fingerprint density at radius 1 is 1.47 bits per heavy atom. The highest BCUT2D eigenvalue weighted by Crippen LogP contribution is 2.47. The van der Waals surface area contributed by atoms with E-state index in [9.17, 15) is 4.79 Å². The Labute approximate surface area is 94.6 Å². The summed E-state index contributed by atoms with van der Waals surface area (Å²) in [5.74, 6) is 0.358. The first-order valence-corrected chi connectivity index (χ1v) is 6.50. The van der Waals surface area contributed by atoms with E-state index >= 15 is 0 Å². The Bertz CT molecular complexity index is 273. The molecule has 0 spiro atoms. The number of rotatable bonds is 2. The van der Waals surface area contributed by atoms with Crippen molar-refractivity contribution in [3.63, 3.8) is 0 Å². The molecular weight excluding hydrogens is 212 g/mol. The van der Waals surface area contributed by atoms with Crippen molar-refractivity contribution in [1.82, 2.24) is 0 Å². The third-order valence-corrected chi connectivity index (χ3v) is 5.29. The Balaban J connectivity index is 2.06. The largest absolute Gasteiger partial charge is 0.479 e. The minimum absolute atomic E-state index is 0.117. The highest BCUT2D eigenvalue weighted by molar-refractivity contribution is 8.00. The second kappa shape index (κ2) is 3.67. The summed E-state index contributed by atoms with van der Waals surface area (Å²) in [7, 11) is 0. The van der Waals surface area contributed by atoms with Crippen molar-refractivity contribution in [3.8, 4) is 0 Å². The summed E-state index contributed by atoms with van der Waals surface area (Å²) in [4.78, 5) is 11.1. The lowest BCUT2D eigenvalue weighted by atomic mass is 9.95. The van der Waals surface area contributed by atoms with Crippen LogP contribution in [0.5, 0.6) is 0 Å². The zero-order valence-corrected chi connectivity index (χ0v) is 10.1. The number of thioether (sulfide) groups is 1. The Morgan fingerprint density at radius 2 is 2.20 bits per heavy atom. The van der Waals surface area contributed by atoms with Gasteiger partial charge in [0.2, 0.25) is 0 Å². The number of carbonyl (C=O) groups is 1. The molecule has 0 aliphatic carbocycles. The SMILES string of the molecule is CC1(C(=O)O)CCC(C2(C)CCCS2)O1. The van der Waals surface area contributed by atoms with Gasteiger partial charge >= 0.3 is 5.97 Å². The molecule has 1 N–H and O–H groups in total. The van der Waals surface area contributed by atoms with E-state index in [0.29, 0.717) is 6.42 Å². The van der Waals surface area contributed by atoms with E-state index in [1.165, 1.54) is 12.2 Å². The summed E-state index contributed by atoms with van der Waals surface area (Å²) >= 11 is 1.94. The molecule has 0 aromatic heterocycles. The molecule has 15 heavy (non-hydrogen) atoms. The average Bonchev–Trinajstić information content (AvgIpc) is 2.74. The molecule has 0 bridgehead atoms. The number of carboxylic acid groups (broad SMARTS) is 1. The van der Waals surface area contributed by atoms with Gasteiger partial charge in [-0.3, -0.25) is 0 Å². The molecule has 0 saturated carbocycles. The summed E-state index contributed by atoms with van der Waals surface area (Å²) in [6.07, 6.45) is 4.02. The molecule has 3 nitrogen and oxygen atoms in total. The maximum absolute atomic E-state index is 11.1. The summed E-state index contributed by atoms with van der Waals surface area (Å²) < 4.78 is 5.92. The van der Waals surface area contributed by atoms with E-state index in [2.05, 4.69) is 6.92 Å². The predicted octanol–water partition coefficient (Wildman–Crippen LogP) is 2.29. The Kier molecular flexibility index (Phi) is 2.75. The van der Waals surface area contributed by atoms with Crippen LogP contribution in [-0.4, -0.2) is 33.3 Å². The van der Waals surface area contributed by atoms with Gasteiger partial charge in [-0.1, -0.05) is 0 Å². The van der Waals surface area contributed by atoms with Crippen molar-refractivity contribution < 1.29 is 14.6 Å². The van der Waals surface area contributed by atoms with Crippen LogP contribution in [0.2, 0.25) is 0 Å². The number of aliphatic carboxylic acids is 1. The van der Waals surface area contributed by atoms with Crippen molar-refractivity contribution in [2.45, 2.75) is 56.0 Å². The number of hydrogen-bond donors (Lipinski definition) is 1. The van der Waals surface area contributed by atoms with Crippen molar-refractivity contribution in [2.24, 2.45) is 0 Å². The molecule has 0 radical (unpaired) electrons. The molecule has 4 heteroatoms. The fraction of sp³-hybridized carbons (Fsp3) is 0.909. The van der Waals surface area contributed by atoms with Crippen LogP contribution in [0, 0.1) is 0 Å². The third-order valence-electron chi connectivity index (χ3n) is 3.67. The standard InChI is InChI=1S/C11H18O3S/c1-10(9(12)13)6-4-8(14-10)11(2)5-3-7-15-11/h8H,3-7H2,1-2H3,(H,12,13). The first-order valence-electron chi connectivity index (χ1n) is 5.51. The van der Waals surface area contributed by atoms with Crippen LogP contribution in [0.25, 0.3) is 0 Å². The molecule has 3 unspecified atom stereocenters. The molecular formula is C11H18O3S. The van der Waals surface area contributed by atoms with Crippen molar-refractivity contribution in [2.75, 3.05) is 5.75 Å². The molecule has 2 fully saturated rings. The van der Waals surface area contributed by atoms with Gasteiger partial charge in [-0.25, -0.2) is 4.79 Å². The molecule has 0 aromatic carbocycles.